The second kappa shape index (κ2) is 4.57. The van der Waals surface area contributed by atoms with Crippen molar-refractivity contribution in [2.45, 2.75) is 6.92 Å². The minimum Gasteiger partial charge on any atom is -0.508 e. The van der Waals surface area contributed by atoms with Gasteiger partial charge < -0.3 is 9.84 Å². The van der Waals surface area contributed by atoms with Crippen molar-refractivity contribution < 1.29 is 9.84 Å². The number of benzene rings is 2. The number of aromatic nitrogens is 2. The van der Waals surface area contributed by atoms with Crippen molar-refractivity contribution in [3.63, 3.8) is 0 Å². The average molecular weight is 252 g/mol. The highest BCUT2D eigenvalue weighted by atomic mass is 16.5. The third-order valence-corrected chi connectivity index (χ3v) is 2.71. The molecule has 2 aromatic carbocycles. The first kappa shape index (κ1) is 11.5. The molecule has 0 radical (unpaired) electrons. The van der Waals surface area contributed by atoms with Gasteiger partial charge in [0.25, 0.3) is 0 Å². The molecule has 3 aromatic rings. The Kier molecular flexibility index (Phi) is 2.76. The number of fused-ring (bicyclic) bond motifs is 1. The number of ether oxygens (including phenoxy) is 1. The van der Waals surface area contributed by atoms with Crippen LogP contribution in [0.5, 0.6) is 17.5 Å². The number of hydrogen-bond donors (Lipinski definition) is 1. The topological polar surface area (TPSA) is 55.2 Å². The van der Waals surface area contributed by atoms with Gasteiger partial charge in [-0.2, -0.15) is 4.98 Å². The van der Waals surface area contributed by atoms with E-state index in [1.54, 1.807) is 12.3 Å². The fourth-order valence-corrected chi connectivity index (χ4v) is 1.90. The van der Waals surface area contributed by atoms with Gasteiger partial charge in [-0.25, -0.2) is 4.98 Å². The molecule has 0 saturated carbocycles. The molecule has 1 aromatic heterocycles. The molecule has 4 nitrogen and oxygen atoms in total. The lowest BCUT2D eigenvalue weighted by Gasteiger charge is -2.06. The van der Waals surface area contributed by atoms with Crippen molar-refractivity contribution in [3.8, 4) is 17.5 Å². The van der Waals surface area contributed by atoms with Gasteiger partial charge in [0, 0.05) is 17.6 Å². The van der Waals surface area contributed by atoms with Crippen LogP contribution >= 0.6 is 0 Å². The predicted octanol–water partition coefficient (Wildman–Crippen LogP) is 3.44. The predicted molar refractivity (Wildman–Crippen MR) is 72.5 cm³/mol. The maximum atomic E-state index is 9.52. The van der Waals surface area contributed by atoms with E-state index in [1.807, 2.05) is 37.3 Å². The van der Waals surface area contributed by atoms with Crippen LogP contribution in [0.1, 0.15) is 5.56 Å². The third-order valence-electron chi connectivity index (χ3n) is 2.71. The number of aromatic hydroxyl groups is 1. The highest BCUT2D eigenvalue weighted by Gasteiger charge is 2.04. The van der Waals surface area contributed by atoms with Crippen molar-refractivity contribution in [3.05, 3.63) is 54.2 Å². The van der Waals surface area contributed by atoms with Gasteiger partial charge in [0.2, 0.25) is 0 Å². The lowest BCUT2D eigenvalue weighted by Crippen LogP contribution is -1.92. The fourth-order valence-electron chi connectivity index (χ4n) is 1.90. The molecule has 0 saturated heterocycles. The molecule has 0 aliphatic rings. The standard InChI is InChI=1S/C15H12N2O2/c1-10-6-12(18)8-13(7-10)19-15-16-9-11-4-2-3-5-14(11)17-15/h2-9,18H,1H3. The summed E-state index contributed by atoms with van der Waals surface area (Å²) in [7, 11) is 0. The van der Waals surface area contributed by atoms with Gasteiger partial charge in [0.1, 0.15) is 11.5 Å². The molecule has 4 heteroatoms. The summed E-state index contributed by atoms with van der Waals surface area (Å²) < 4.78 is 5.57. The highest BCUT2D eigenvalue weighted by molar-refractivity contribution is 5.77. The van der Waals surface area contributed by atoms with Gasteiger partial charge in [0.05, 0.1) is 5.52 Å². The van der Waals surface area contributed by atoms with Crippen molar-refractivity contribution in [2.24, 2.45) is 0 Å². The van der Waals surface area contributed by atoms with Crippen LogP contribution in [-0.4, -0.2) is 15.1 Å². The number of phenols is 1. The number of rotatable bonds is 2. The van der Waals surface area contributed by atoms with Crippen LogP contribution < -0.4 is 4.74 Å². The van der Waals surface area contributed by atoms with E-state index in [0.29, 0.717) is 5.75 Å². The molecule has 0 aliphatic heterocycles. The van der Waals surface area contributed by atoms with Crippen molar-refractivity contribution in [1.29, 1.82) is 0 Å². The van der Waals surface area contributed by atoms with E-state index >= 15 is 0 Å². The van der Waals surface area contributed by atoms with E-state index in [1.165, 1.54) is 6.07 Å². The molecular formula is C15H12N2O2. The Labute approximate surface area is 110 Å². The lowest BCUT2D eigenvalue weighted by molar-refractivity contribution is 0.432. The average Bonchev–Trinajstić information content (AvgIpc) is 2.37. The molecule has 94 valence electrons. The Hall–Kier alpha value is -2.62. The minimum absolute atomic E-state index is 0.163. The smallest absolute Gasteiger partial charge is 0.322 e. The van der Waals surface area contributed by atoms with Crippen LogP contribution in [0.3, 0.4) is 0 Å². The summed E-state index contributed by atoms with van der Waals surface area (Å²) in [6, 6.07) is 13.0. The number of nitrogens with zero attached hydrogens (tertiary/aromatic N) is 2. The van der Waals surface area contributed by atoms with E-state index in [-0.39, 0.29) is 11.8 Å². The Morgan fingerprint density at radius 2 is 1.95 bits per heavy atom. The zero-order valence-electron chi connectivity index (χ0n) is 10.4. The summed E-state index contributed by atoms with van der Waals surface area (Å²) in [5.74, 6) is 0.684. The van der Waals surface area contributed by atoms with Crippen molar-refractivity contribution in [2.75, 3.05) is 0 Å². The van der Waals surface area contributed by atoms with Gasteiger partial charge in [0.15, 0.2) is 0 Å². The molecule has 0 unspecified atom stereocenters. The molecule has 0 fully saturated rings. The summed E-state index contributed by atoms with van der Waals surface area (Å²) in [5.41, 5.74) is 1.74. The second-order valence-electron chi connectivity index (χ2n) is 4.32. The Morgan fingerprint density at radius 3 is 2.79 bits per heavy atom. The first-order chi connectivity index (χ1) is 9.20. The lowest BCUT2D eigenvalue weighted by atomic mass is 10.2. The molecule has 19 heavy (non-hydrogen) atoms. The molecule has 0 amide bonds. The molecule has 0 atom stereocenters. The number of aryl methyl sites for hydroxylation is 1. The number of hydrogen-bond acceptors (Lipinski definition) is 4. The maximum absolute atomic E-state index is 9.52. The number of phenolic OH excluding ortho intramolecular Hbond substituents is 1. The second-order valence-corrected chi connectivity index (χ2v) is 4.32. The zero-order valence-corrected chi connectivity index (χ0v) is 10.4. The van der Waals surface area contributed by atoms with E-state index in [9.17, 15) is 5.11 Å². The molecule has 3 rings (SSSR count). The van der Waals surface area contributed by atoms with Gasteiger partial charge in [-0.3, -0.25) is 0 Å². The summed E-state index contributed by atoms with van der Waals surface area (Å²) in [6.07, 6.45) is 1.72. The Balaban J connectivity index is 1.96. The number of para-hydroxylation sites is 1. The molecule has 1 heterocycles. The summed E-state index contributed by atoms with van der Waals surface area (Å²) in [5, 5.41) is 10.5. The van der Waals surface area contributed by atoms with Crippen LogP contribution in [0.4, 0.5) is 0 Å². The molecule has 0 aliphatic carbocycles. The van der Waals surface area contributed by atoms with E-state index in [2.05, 4.69) is 9.97 Å². The monoisotopic (exact) mass is 252 g/mol. The molecule has 0 bridgehead atoms. The van der Waals surface area contributed by atoms with Gasteiger partial charge >= 0.3 is 6.01 Å². The normalized spacial score (nSPS) is 10.6. The van der Waals surface area contributed by atoms with Gasteiger partial charge in [-0.1, -0.05) is 18.2 Å². The largest absolute Gasteiger partial charge is 0.508 e. The zero-order chi connectivity index (χ0) is 13.2. The van der Waals surface area contributed by atoms with Gasteiger partial charge in [-0.15, -0.1) is 0 Å². The summed E-state index contributed by atoms with van der Waals surface area (Å²) in [6.45, 7) is 1.88. The summed E-state index contributed by atoms with van der Waals surface area (Å²) >= 11 is 0. The quantitative estimate of drug-likeness (QED) is 0.759. The molecule has 1 N–H and O–H groups in total. The van der Waals surface area contributed by atoms with Crippen LogP contribution in [-0.2, 0) is 0 Å². The first-order valence-electron chi connectivity index (χ1n) is 5.91. The highest BCUT2D eigenvalue weighted by Crippen LogP contribution is 2.25. The van der Waals surface area contributed by atoms with E-state index in [0.717, 1.165) is 16.5 Å². The Morgan fingerprint density at radius 1 is 1.11 bits per heavy atom. The molecular weight excluding hydrogens is 240 g/mol. The third kappa shape index (κ3) is 2.47. The molecule has 0 spiro atoms. The van der Waals surface area contributed by atoms with Crippen molar-refractivity contribution in [1.82, 2.24) is 9.97 Å². The van der Waals surface area contributed by atoms with Gasteiger partial charge in [-0.05, 0) is 30.7 Å². The minimum atomic E-state index is 0.163. The van der Waals surface area contributed by atoms with Crippen LogP contribution in [0.25, 0.3) is 10.9 Å². The van der Waals surface area contributed by atoms with Crippen LogP contribution in [0.15, 0.2) is 48.7 Å². The van der Waals surface area contributed by atoms with Crippen molar-refractivity contribution >= 4 is 10.9 Å². The van der Waals surface area contributed by atoms with E-state index in [4.69, 9.17) is 4.74 Å². The SMILES string of the molecule is Cc1cc(O)cc(Oc2ncc3ccccc3n2)c1. The Bertz CT molecular complexity index is 721. The maximum Gasteiger partial charge on any atom is 0.322 e. The van der Waals surface area contributed by atoms with E-state index < -0.39 is 0 Å². The van der Waals surface area contributed by atoms with Crippen LogP contribution in [0, 0.1) is 6.92 Å². The summed E-state index contributed by atoms with van der Waals surface area (Å²) in [4.78, 5) is 8.46. The fraction of sp³-hybridized carbons (Fsp3) is 0.0667. The first-order valence-corrected chi connectivity index (χ1v) is 5.91. The van der Waals surface area contributed by atoms with Crippen LogP contribution in [0.2, 0.25) is 0 Å².